The summed E-state index contributed by atoms with van der Waals surface area (Å²) in [5, 5.41) is 0. The third kappa shape index (κ3) is 2.04. The molecule has 0 amide bonds. The summed E-state index contributed by atoms with van der Waals surface area (Å²) in [6.07, 6.45) is -1.65. The Kier molecular flexibility index (Phi) is 2.19. The molecule has 2 heterocycles. The van der Waals surface area contributed by atoms with E-state index in [1.807, 2.05) is 0 Å². The molecule has 1 fully saturated rings. The predicted molar refractivity (Wildman–Crippen MR) is 42.7 cm³/mol. The van der Waals surface area contributed by atoms with Crippen molar-refractivity contribution < 1.29 is 17.9 Å². The average molecular weight is 203 g/mol. The van der Waals surface area contributed by atoms with Crippen LogP contribution < -0.4 is 0 Å². The maximum absolute atomic E-state index is 12.5. The van der Waals surface area contributed by atoms with Crippen molar-refractivity contribution in [1.29, 1.82) is 0 Å². The first-order chi connectivity index (χ1) is 6.57. The van der Waals surface area contributed by atoms with Gasteiger partial charge in [0, 0.05) is 18.8 Å². The molecular weight excluding hydrogens is 195 g/mol. The molecule has 0 spiro atoms. The first-order valence-corrected chi connectivity index (χ1v) is 4.19. The lowest BCUT2D eigenvalue weighted by molar-refractivity contribution is -0.138. The number of aromatic nitrogens is 1. The minimum Gasteiger partial charge on any atom is -0.373 e. The molecule has 0 aliphatic carbocycles. The first kappa shape index (κ1) is 9.45. The molecule has 0 N–H and O–H groups in total. The van der Waals surface area contributed by atoms with Crippen molar-refractivity contribution in [2.45, 2.75) is 18.7 Å². The fourth-order valence-electron chi connectivity index (χ4n) is 1.30. The van der Waals surface area contributed by atoms with Crippen LogP contribution in [0.3, 0.4) is 0 Å². The molecule has 0 radical (unpaired) electrons. The normalized spacial score (nSPS) is 20.9. The molecule has 14 heavy (non-hydrogen) atoms. The van der Waals surface area contributed by atoms with Crippen LogP contribution >= 0.6 is 0 Å². The smallest absolute Gasteiger partial charge is 0.373 e. The number of halogens is 3. The molecule has 76 valence electrons. The van der Waals surface area contributed by atoms with Crippen LogP contribution in [0.5, 0.6) is 0 Å². The SMILES string of the molecule is FC(F)(F)c1ccncc1CC1CO1. The van der Waals surface area contributed by atoms with Gasteiger partial charge in [-0.2, -0.15) is 13.2 Å². The minimum absolute atomic E-state index is 0.0553. The number of ether oxygens (including phenoxy) is 1. The molecule has 1 aromatic rings. The van der Waals surface area contributed by atoms with E-state index in [1.165, 1.54) is 6.20 Å². The van der Waals surface area contributed by atoms with E-state index in [9.17, 15) is 13.2 Å². The van der Waals surface area contributed by atoms with Crippen molar-refractivity contribution in [2.24, 2.45) is 0 Å². The first-order valence-electron chi connectivity index (χ1n) is 4.19. The molecule has 2 nitrogen and oxygen atoms in total. The van der Waals surface area contributed by atoms with Gasteiger partial charge in [0.05, 0.1) is 18.3 Å². The minimum atomic E-state index is -4.30. The quantitative estimate of drug-likeness (QED) is 0.687. The molecule has 0 bridgehead atoms. The van der Waals surface area contributed by atoms with E-state index in [0.29, 0.717) is 13.0 Å². The Labute approximate surface area is 78.7 Å². The fourth-order valence-corrected chi connectivity index (χ4v) is 1.30. The zero-order chi connectivity index (χ0) is 10.2. The lowest BCUT2D eigenvalue weighted by atomic mass is 10.1. The highest BCUT2D eigenvalue weighted by molar-refractivity contribution is 5.27. The van der Waals surface area contributed by atoms with Crippen LogP contribution in [0.15, 0.2) is 18.5 Å². The number of epoxide rings is 1. The lowest BCUT2D eigenvalue weighted by Gasteiger charge is -2.10. The van der Waals surface area contributed by atoms with E-state index in [1.54, 1.807) is 0 Å². The number of hydrogen-bond acceptors (Lipinski definition) is 2. The zero-order valence-corrected chi connectivity index (χ0v) is 7.21. The predicted octanol–water partition coefficient (Wildman–Crippen LogP) is 2.04. The van der Waals surface area contributed by atoms with Crippen LogP contribution in [0.25, 0.3) is 0 Å². The van der Waals surface area contributed by atoms with Crippen LogP contribution in [0.4, 0.5) is 13.2 Å². The molecule has 1 unspecified atom stereocenters. The highest BCUT2D eigenvalue weighted by Crippen LogP contribution is 2.32. The number of alkyl halides is 3. The number of pyridine rings is 1. The Balaban J connectivity index is 2.27. The van der Waals surface area contributed by atoms with Gasteiger partial charge in [-0.05, 0) is 11.6 Å². The van der Waals surface area contributed by atoms with E-state index in [4.69, 9.17) is 4.74 Å². The third-order valence-corrected chi connectivity index (χ3v) is 2.06. The van der Waals surface area contributed by atoms with Crippen molar-refractivity contribution in [3.63, 3.8) is 0 Å². The molecule has 2 rings (SSSR count). The molecule has 1 saturated heterocycles. The van der Waals surface area contributed by atoms with E-state index in [2.05, 4.69) is 4.98 Å². The molecule has 5 heteroatoms. The summed E-state index contributed by atoms with van der Waals surface area (Å²) < 4.78 is 42.2. The van der Waals surface area contributed by atoms with Gasteiger partial charge in [0.2, 0.25) is 0 Å². The van der Waals surface area contributed by atoms with Gasteiger partial charge in [-0.1, -0.05) is 0 Å². The van der Waals surface area contributed by atoms with Crippen molar-refractivity contribution in [1.82, 2.24) is 4.98 Å². The Morgan fingerprint density at radius 1 is 1.50 bits per heavy atom. The summed E-state index contributed by atoms with van der Waals surface area (Å²) in [5.74, 6) is 0. The van der Waals surface area contributed by atoms with Crippen LogP contribution in [-0.4, -0.2) is 17.7 Å². The van der Waals surface area contributed by atoms with Crippen LogP contribution in [0, 0.1) is 0 Å². The fraction of sp³-hybridized carbons (Fsp3) is 0.444. The largest absolute Gasteiger partial charge is 0.416 e. The standard InChI is InChI=1S/C9H8F3NO/c10-9(11,12)8-1-2-13-4-6(8)3-7-5-14-7/h1-2,4,7H,3,5H2. The van der Waals surface area contributed by atoms with Gasteiger partial charge >= 0.3 is 6.18 Å². The molecular formula is C9H8F3NO. The highest BCUT2D eigenvalue weighted by atomic mass is 19.4. The summed E-state index contributed by atoms with van der Waals surface area (Å²) in [5.41, 5.74) is -0.398. The maximum Gasteiger partial charge on any atom is 0.416 e. The molecule has 1 aliphatic heterocycles. The number of hydrogen-bond donors (Lipinski definition) is 0. The van der Waals surface area contributed by atoms with Crippen molar-refractivity contribution in [2.75, 3.05) is 6.61 Å². The summed E-state index contributed by atoms with van der Waals surface area (Å²) in [4.78, 5) is 3.68. The van der Waals surface area contributed by atoms with Crippen LogP contribution in [0.2, 0.25) is 0 Å². The van der Waals surface area contributed by atoms with Crippen molar-refractivity contribution in [3.05, 3.63) is 29.6 Å². The van der Waals surface area contributed by atoms with Gasteiger partial charge < -0.3 is 4.74 Å². The summed E-state index contributed by atoms with van der Waals surface area (Å²) in [7, 11) is 0. The molecule has 1 atom stereocenters. The molecule has 0 saturated carbocycles. The van der Waals surface area contributed by atoms with Gasteiger partial charge in [0.1, 0.15) is 0 Å². The lowest BCUT2D eigenvalue weighted by Crippen LogP contribution is -2.10. The van der Waals surface area contributed by atoms with E-state index in [-0.39, 0.29) is 11.7 Å². The second-order valence-electron chi connectivity index (χ2n) is 3.19. The van der Waals surface area contributed by atoms with Gasteiger partial charge in [-0.3, -0.25) is 4.98 Å². The van der Waals surface area contributed by atoms with Crippen LogP contribution in [-0.2, 0) is 17.3 Å². The summed E-state index contributed by atoms with van der Waals surface area (Å²) in [6.45, 7) is 0.548. The number of rotatable bonds is 2. The Hall–Kier alpha value is -1.10. The van der Waals surface area contributed by atoms with Gasteiger partial charge in [0.15, 0.2) is 0 Å². The van der Waals surface area contributed by atoms with Crippen molar-refractivity contribution in [3.8, 4) is 0 Å². The Morgan fingerprint density at radius 2 is 2.21 bits per heavy atom. The topological polar surface area (TPSA) is 25.4 Å². The molecule has 1 aliphatic rings. The van der Waals surface area contributed by atoms with Gasteiger partial charge in [-0.15, -0.1) is 0 Å². The van der Waals surface area contributed by atoms with Crippen molar-refractivity contribution >= 4 is 0 Å². The second kappa shape index (κ2) is 3.24. The Bertz CT molecular complexity index is 333. The van der Waals surface area contributed by atoms with E-state index in [0.717, 1.165) is 12.3 Å². The molecule has 1 aromatic heterocycles. The number of nitrogens with zero attached hydrogens (tertiary/aromatic N) is 1. The Morgan fingerprint density at radius 3 is 2.79 bits per heavy atom. The third-order valence-electron chi connectivity index (χ3n) is 2.06. The summed E-state index contributed by atoms with van der Waals surface area (Å²) >= 11 is 0. The summed E-state index contributed by atoms with van der Waals surface area (Å²) in [6, 6.07) is 0.998. The van der Waals surface area contributed by atoms with Gasteiger partial charge in [-0.25, -0.2) is 0 Å². The average Bonchev–Trinajstić information content (AvgIpc) is 2.87. The van der Waals surface area contributed by atoms with E-state index < -0.39 is 11.7 Å². The monoisotopic (exact) mass is 203 g/mol. The maximum atomic E-state index is 12.5. The van der Waals surface area contributed by atoms with Gasteiger partial charge in [0.25, 0.3) is 0 Å². The molecule has 0 aromatic carbocycles. The second-order valence-corrected chi connectivity index (χ2v) is 3.19. The zero-order valence-electron chi connectivity index (χ0n) is 7.21. The van der Waals surface area contributed by atoms with Crippen LogP contribution in [0.1, 0.15) is 11.1 Å². The van der Waals surface area contributed by atoms with E-state index >= 15 is 0 Å². The highest BCUT2D eigenvalue weighted by Gasteiger charge is 2.35.